The van der Waals surface area contributed by atoms with E-state index < -0.39 is 171 Å². The summed E-state index contributed by atoms with van der Waals surface area (Å²) >= 11 is 0. The summed E-state index contributed by atoms with van der Waals surface area (Å²) < 4.78 is 10.1. The maximum absolute atomic E-state index is 14.3. The molecule has 0 radical (unpaired) electrons. The number of hydrogen-bond donors (Lipinski definition) is 12. The zero-order valence-corrected chi connectivity index (χ0v) is 58.8. The minimum absolute atomic E-state index is 0.0244. The highest BCUT2D eigenvalue weighted by Crippen LogP contribution is 2.16. The molecular formula is C69H102N12O15. The molecule has 0 aliphatic rings. The third-order valence-electron chi connectivity index (χ3n) is 15.2. The lowest BCUT2D eigenvalue weighted by Crippen LogP contribution is -2.64. The van der Waals surface area contributed by atoms with E-state index in [-0.39, 0.29) is 19.3 Å². The molecule has 0 heterocycles. The quantitative estimate of drug-likeness (QED) is 0.0390. The second-order valence-electron chi connectivity index (χ2n) is 27.5. The zero-order valence-electron chi connectivity index (χ0n) is 58.8. The molecule has 12 amide bonds. The summed E-state index contributed by atoms with van der Waals surface area (Å²) in [5.41, 5.74) is -3.85. The molecular weight excluding hydrogens is 1240 g/mol. The number of rotatable bonds is 33. The predicted octanol–water partition coefficient (Wildman–Crippen LogP) is 2.37. The van der Waals surface area contributed by atoms with E-state index in [2.05, 4.69) is 63.8 Å². The van der Waals surface area contributed by atoms with Crippen molar-refractivity contribution in [3.05, 3.63) is 108 Å². The Hall–Kier alpha value is -9.43. The van der Waals surface area contributed by atoms with Crippen LogP contribution in [0.1, 0.15) is 141 Å². The van der Waals surface area contributed by atoms with Gasteiger partial charge in [0.2, 0.25) is 65.0 Å². The van der Waals surface area contributed by atoms with Gasteiger partial charge in [-0.05, 0) is 118 Å². The van der Waals surface area contributed by atoms with E-state index >= 15 is 0 Å². The summed E-state index contributed by atoms with van der Waals surface area (Å²) in [4.78, 5) is 178. The molecule has 0 saturated heterocycles. The Bertz CT molecular complexity index is 3210. The normalized spacial score (nSPS) is 14.6. The van der Waals surface area contributed by atoms with Crippen molar-refractivity contribution < 1.29 is 71.8 Å². The first kappa shape index (κ1) is 80.8. The fourth-order valence-corrected chi connectivity index (χ4v) is 9.46. The number of benzene rings is 3. The van der Waals surface area contributed by atoms with Gasteiger partial charge in [0.05, 0.1) is 7.11 Å². The summed E-state index contributed by atoms with van der Waals surface area (Å²) in [5, 5.41) is 31.7. The fourth-order valence-electron chi connectivity index (χ4n) is 9.46. The Morgan fingerprint density at radius 3 is 0.844 bits per heavy atom. The molecule has 0 aliphatic heterocycles. The number of nitrogens with one attached hydrogen (secondary N) is 12. The maximum atomic E-state index is 14.3. The van der Waals surface area contributed by atoms with Crippen LogP contribution < -0.4 is 63.8 Å². The molecule has 3 rings (SSSR count). The van der Waals surface area contributed by atoms with Gasteiger partial charge in [-0.3, -0.25) is 52.7 Å². The van der Waals surface area contributed by atoms with Gasteiger partial charge in [0.1, 0.15) is 76.6 Å². The van der Waals surface area contributed by atoms with E-state index in [0.29, 0.717) is 16.7 Å². The highest BCUT2D eigenvalue weighted by molar-refractivity contribution is 6.01. The number of carbonyl (C=O) groups is 13. The van der Waals surface area contributed by atoms with E-state index in [1.807, 2.05) is 0 Å². The summed E-state index contributed by atoms with van der Waals surface area (Å²) in [6.45, 7) is 27.6. The van der Waals surface area contributed by atoms with Crippen molar-refractivity contribution in [2.24, 2.45) is 17.8 Å². The van der Waals surface area contributed by atoms with Crippen LogP contribution in [0.15, 0.2) is 91.0 Å². The van der Waals surface area contributed by atoms with Crippen molar-refractivity contribution in [2.45, 2.75) is 220 Å². The third-order valence-corrected chi connectivity index (χ3v) is 15.2. The van der Waals surface area contributed by atoms with Gasteiger partial charge in [-0.15, -0.1) is 0 Å². The number of carbonyl (C=O) groups excluding carboxylic acids is 13. The van der Waals surface area contributed by atoms with Gasteiger partial charge in [0.15, 0.2) is 0 Å². The molecule has 0 aromatic heterocycles. The van der Waals surface area contributed by atoms with Gasteiger partial charge in [-0.25, -0.2) is 9.59 Å². The van der Waals surface area contributed by atoms with Crippen molar-refractivity contribution in [3.63, 3.8) is 0 Å². The number of methoxy groups -OCH3 is 1. The van der Waals surface area contributed by atoms with Crippen molar-refractivity contribution in [2.75, 3.05) is 7.11 Å². The Morgan fingerprint density at radius 1 is 0.333 bits per heavy atom. The average Bonchev–Trinajstić information content (AvgIpc) is 0.866. The Kier molecular flexibility index (Phi) is 30.2. The molecule has 528 valence electrons. The van der Waals surface area contributed by atoms with Crippen LogP contribution in [0.5, 0.6) is 0 Å². The van der Waals surface area contributed by atoms with Crippen LogP contribution >= 0.6 is 0 Å². The Morgan fingerprint density at radius 2 is 0.594 bits per heavy atom. The first-order chi connectivity index (χ1) is 44.5. The van der Waals surface area contributed by atoms with Gasteiger partial charge in [0.25, 0.3) is 0 Å². The maximum Gasteiger partial charge on any atom is 0.408 e. The van der Waals surface area contributed by atoms with Crippen LogP contribution in [0.2, 0.25) is 0 Å². The number of amides is 12. The molecule has 0 spiro atoms. The second-order valence-corrected chi connectivity index (χ2v) is 27.5. The summed E-state index contributed by atoms with van der Waals surface area (Å²) in [5.74, 6) is -10.8. The van der Waals surface area contributed by atoms with E-state index in [4.69, 9.17) is 9.47 Å². The number of alkyl carbamates (subject to hydrolysis) is 1. The van der Waals surface area contributed by atoms with Crippen LogP contribution in [0, 0.1) is 17.8 Å². The molecule has 27 heteroatoms. The van der Waals surface area contributed by atoms with E-state index in [9.17, 15) is 62.3 Å². The van der Waals surface area contributed by atoms with E-state index in [1.165, 1.54) is 69.4 Å². The van der Waals surface area contributed by atoms with E-state index in [0.717, 1.165) is 0 Å². The summed E-state index contributed by atoms with van der Waals surface area (Å²) in [6, 6.07) is 14.8. The number of esters is 1. The van der Waals surface area contributed by atoms with Crippen molar-refractivity contribution >= 4 is 77.0 Å². The molecule has 0 fully saturated rings. The molecule has 3 aromatic rings. The van der Waals surface area contributed by atoms with Gasteiger partial charge >= 0.3 is 12.1 Å². The molecule has 96 heavy (non-hydrogen) atoms. The smallest absolute Gasteiger partial charge is 0.408 e. The van der Waals surface area contributed by atoms with Gasteiger partial charge in [-0.2, -0.15) is 0 Å². The lowest BCUT2D eigenvalue weighted by atomic mass is 9.97. The third kappa shape index (κ3) is 26.1. The van der Waals surface area contributed by atoms with Gasteiger partial charge < -0.3 is 73.3 Å². The minimum atomic E-state index is -1.75. The van der Waals surface area contributed by atoms with Crippen molar-refractivity contribution in [1.82, 2.24) is 63.8 Å². The van der Waals surface area contributed by atoms with Crippen molar-refractivity contribution in [1.29, 1.82) is 0 Å². The van der Waals surface area contributed by atoms with Crippen LogP contribution in [0.4, 0.5) is 4.79 Å². The second kappa shape index (κ2) is 35.9. The fraction of sp³-hybridized carbons (Fsp3) is 0.551. The first-order valence-corrected chi connectivity index (χ1v) is 32.1. The Balaban J connectivity index is 1.75. The summed E-state index contributed by atoms with van der Waals surface area (Å²) in [7, 11) is 1.17. The van der Waals surface area contributed by atoms with Crippen molar-refractivity contribution in [3.8, 4) is 0 Å². The standard InChI is InChI=1S/C69H102N12O15/c1-38(2)50(76-63(92)68(15,16)80-57(86)48(36-45-31-25-21-26-32-45)74-55(84)43(9)72-61(90)52(40(5)6)78-65(94)96-66(10,11)12)59(88)70-41(7)53(82)73-47(35-44-29-23-20-24-30-44)56(85)79-67(13,14)62(91)77-51(39(3)4)60(89)71-42(8)54(83)75-49(37-46-33-27-22-28-34-46)58(87)81-69(17,18)64(93)95-19/h20-34,38-43,47-52H,35-37H2,1-19H3,(H,70,88)(H,71,89)(H,72,90)(H,73,82)(H,74,84)(H,75,83)(H,76,92)(H,77,91)(H,78,94)(H,79,85)(H,80,86)(H,81,87)/t41-,42-,43-,47-,48-,49-,50-,51-,52-/m0/s1. The Labute approximate surface area is 563 Å². The summed E-state index contributed by atoms with van der Waals surface area (Å²) in [6.07, 6.45) is -0.937. The lowest BCUT2D eigenvalue weighted by molar-refractivity contribution is -0.149. The van der Waals surface area contributed by atoms with Gasteiger partial charge in [-0.1, -0.05) is 133 Å². The van der Waals surface area contributed by atoms with Crippen LogP contribution in [-0.4, -0.2) is 161 Å². The molecule has 9 atom stereocenters. The van der Waals surface area contributed by atoms with Crippen LogP contribution in [0.3, 0.4) is 0 Å². The highest BCUT2D eigenvalue weighted by Gasteiger charge is 2.41. The molecule has 27 nitrogen and oxygen atoms in total. The number of hydrogen-bond acceptors (Lipinski definition) is 15. The molecule has 0 bridgehead atoms. The topological polar surface area (TPSA) is 385 Å². The molecule has 0 saturated carbocycles. The lowest BCUT2D eigenvalue weighted by Gasteiger charge is -2.32. The monoisotopic (exact) mass is 1340 g/mol. The predicted molar refractivity (Wildman–Crippen MR) is 359 cm³/mol. The molecule has 3 aromatic carbocycles. The highest BCUT2D eigenvalue weighted by atomic mass is 16.6. The largest absolute Gasteiger partial charge is 0.467 e. The van der Waals surface area contributed by atoms with E-state index in [1.54, 1.807) is 153 Å². The molecule has 12 N–H and O–H groups in total. The SMILES string of the molecule is COC(=O)C(C)(C)NC(=O)[C@H](Cc1ccccc1)NC(=O)[C@H](C)NC(=O)[C@@H](NC(=O)C(C)(C)NC(=O)[C@H](Cc1ccccc1)NC(=O)[C@H](C)NC(=O)[C@@H](NC(=O)C(C)(C)NC(=O)[C@H](Cc1ccccc1)NC(=O)[C@H](C)NC(=O)[C@@H](NC(=O)OC(C)(C)C)C(C)C)C(C)C)C(C)C. The average molecular weight is 1340 g/mol. The molecule has 0 unspecified atom stereocenters. The van der Waals surface area contributed by atoms with Gasteiger partial charge in [0, 0.05) is 19.3 Å². The molecule has 0 aliphatic carbocycles. The van der Waals surface area contributed by atoms with Crippen LogP contribution in [-0.2, 0) is 86.3 Å². The first-order valence-electron chi connectivity index (χ1n) is 32.1. The number of ether oxygens (including phenoxy) is 2. The minimum Gasteiger partial charge on any atom is -0.467 e. The zero-order chi connectivity index (χ0) is 72.8. The van der Waals surface area contributed by atoms with Crippen LogP contribution in [0.25, 0.3) is 0 Å².